The number of fused-ring (bicyclic) bond motifs is 1. The maximum absolute atomic E-state index is 12.7. The molecule has 3 atom stereocenters. The van der Waals surface area contributed by atoms with Crippen molar-refractivity contribution in [1.29, 1.82) is 0 Å². The summed E-state index contributed by atoms with van der Waals surface area (Å²) in [6.45, 7) is 6.60. The van der Waals surface area contributed by atoms with E-state index in [4.69, 9.17) is 10.5 Å². The zero-order valence-corrected chi connectivity index (χ0v) is 12.4. The Morgan fingerprint density at radius 1 is 1.60 bits per heavy atom. The molecule has 6 heteroatoms. The third-order valence-electron chi connectivity index (χ3n) is 5.07. The van der Waals surface area contributed by atoms with E-state index in [9.17, 15) is 4.79 Å². The number of nitrogens with two attached hydrogens (primary N) is 1. The average Bonchev–Trinajstić information content (AvgIpc) is 2.94. The summed E-state index contributed by atoms with van der Waals surface area (Å²) in [7, 11) is 1.80. The number of nitrogens with one attached hydrogen (secondary N) is 1. The van der Waals surface area contributed by atoms with E-state index in [1.165, 1.54) is 0 Å². The Bertz CT molecular complexity index is 566. The van der Waals surface area contributed by atoms with Crippen LogP contribution in [0.15, 0.2) is 6.07 Å². The molecule has 1 saturated carbocycles. The predicted molar refractivity (Wildman–Crippen MR) is 75.1 cm³/mol. The highest BCUT2D eigenvalue weighted by molar-refractivity contribution is 5.99. The van der Waals surface area contributed by atoms with Crippen LogP contribution in [0.2, 0.25) is 0 Å². The maximum Gasteiger partial charge on any atom is 0.246 e. The highest BCUT2D eigenvalue weighted by Gasteiger charge is 2.71. The van der Waals surface area contributed by atoms with Gasteiger partial charge >= 0.3 is 0 Å². The van der Waals surface area contributed by atoms with Crippen LogP contribution >= 0.6 is 0 Å². The Hall–Kier alpha value is -1.40. The van der Waals surface area contributed by atoms with Crippen molar-refractivity contribution < 1.29 is 9.53 Å². The Morgan fingerprint density at radius 2 is 2.30 bits per heavy atom. The fraction of sp³-hybridized carbons (Fsp3) is 0.714. The maximum atomic E-state index is 12.7. The van der Waals surface area contributed by atoms with E-state index in [2.05, 4.69) is 10.4 Å². The summed E-state index contributed by atoms with van der Waals surface area (Å²) in [6.07, 6.45) is 0.939. The molecule has 1 aromatic heterocycles. The molecule has 2 aliphatic rings. The van der Waals surface area contributed by atoms with Gasteiger partial charge in [0.2, 0.25) is 5.91 Å². The first-order chi connectivity index (χ1) is 9.28. The van der Waals surface area contributed by atoms with Crippen molar-refractivity contribution in [2.24, 2.45) is 24.1 Å². The Balaban J connectivity index is 1.85. The summed E-state index contributed by atoms with van der Waals surface area (Å²) in [5.74, 6) is 0.638. The van der Waals surface area contributed by atoms with Gasteiger partial charge in [0.25, 0.3) is 0 Å². The third kappa shape index (κ3) is 1.52. The van der Waals surface area contributed by atoms with Gasteiger partial charge in [-0.15, -0.1) is 0 Å². The second-order valence-corrected chi connectivity index (χ2v) is 6.53. The van der Waals surface area contributed by atoms with Gasteiger partial charge in [0.15, 0.2) is 0 Å². The van der Waals surface area contributed by atoms with Crippen molar-refractivity contribution in [3.05, 3.63) is 11.8 Å². The second-order valence-electron chi connectivity index (χ2n) is 6.53. The van der Waals surface area contributed by atoms with Gasteiger partial charge in [0.05, 0.1) is 11.8 Å². The fourth-order valence-corrected chi connectivity index (χ4v) is 3.79. The summed E-state index contributed by atoms with van der Waals surface area (Å²) in [5, 5.41) is 7.15. The zero-order chi connectivity index (χ0) is 14.7. The van der Waals surface area contributed by atoms with Gasteiger partial charge in [-0.1, -0.05) is 13.8 Å². The highest BCUT2D eigenvalue weighted by Crippen LogP contribution is 2.58. The lowest BCUT2D eigenvalue weighted by Gasteiger charge is -2.60. The number of carbonyl (C=O) groups is 1. The first-order valence-electron chi connectivity index (χ1n) is 7.01. The van der Waals surface area contributed by atoms with E-state index in [1.54, 1.807) is 11.7 Å². The molecule has 0 spiro atoms. The van der Waals surface area contributed by atoms with E-state index in [0.29, 0.717) is 12.4 Å². The molecule has 1 saturated heterocycles. The van der Waals surface area contributed by atoms with Crippen molar-refractivity contribution in [1.82, 2.24) is 9.78 Å². The van der Waals surface area contributed by atoms with Crippen LogP contribution in [-0.2, 0) is 16.6 Å². The molecule has 0 radical (unpaired) electrons. The zero-order valence-electron chi connectivity index (χ0n) is 12.4. The molecule has 2 heterocycles. The molecule has 0 bridgehead atoms. The fourth-order valence-electron chi connectivity index (χ4n) is 3.79. The molecule has 1 aromatic rings. The van der Waals surface area contributed by atoms with E-state index >= 15 is 0 Å². The lowest BCUT2D eigenvalue weighted by Crippen LogP contribution is -2.79. The second kappa shape index (κ2) is 4.05. The molecule has 1 aliphatic heterocycles. The lowest BCUT2D eigenvalue weighted by molar-refractivity contribution is -0.170. The normalized spacial score (nSPS) is 34.5. The molecule has 1 amide bonds. The predicted octanol–water partition coefficient (Wildman–Crippen LogP) is 0.809. The summed E-state index contributed by atoms with van der Waals surface area (Å²) in [4.78, 5) is 12.7. The van der Waals surface area contributed by atoms with E-state index in [0.717, 1.165) is 12.1 Å². The SMILES string of the molecule is Cc1cc(NC(=O)C2(N)C3CCOC3C2(C)C)n(C)n1. The van der Waals surface area contributed by atoms with Crippen LogP contribution in [0.25, 0.3) is 0 Å². The molecule has 1 aliphatic carbocycles. The molecule has 6 nitrogen and oxygen atoms in total. The van der Waals surface area contributed by atoms with Gasteiger partial charge in [-0.25, -0.2) is 0 Å². The van der Waals surface area contributed by atoms with Gasteiger partial charge in [-0.2, -0.15) is 5.10 Å². The van der Waals surface area contributed by atoms with E-state index < -0.39 is 5.54 Å². The molecule has 2 fully saturated rings. The van der Waals surface area contributed by atoms with Crippen molar-refractivity contribution >= 4 is 11.7 Å². The average molecular weight is 278 g/mol. The monoisotopic (exact) mass is 278 g/mol. The van der Waals surface area contributed by atoms with Gasteiger partial charge in [-0.3, -0.25) is 9.48 Å². The van der Waals surface area contributed by atoms with Gasteiger partial charge in [0, 0.05) is 31.1 Å². The minimum atomic E-state index is -0.883. The van der Waals surface area contributed by atoms with Crippen LogP contribution in [-0.4, -0.2) is 33.9 Å². The van der Waals surface area contributed by atoms with Crippen LogP contribution in [0.4, 0.5) is 5.82 Å². The van der Waals surface area contributed by atoms with Gasteiger partial charge in [-0.05, 0) is 13.3 Å². The van der Waals surface area contributed by atoms with Crippen LogP contribution in [0, 0.1) is 18.3 Å². The van der Waals surface area contributed by atoms with E-state index in [1.807, 2.05) is 26.8 Å². The summed E-state index contributed by atoms with van der Waals surface area (Å²) >= 11 is 0. The van der Waals surface area contributed by atoms with Gasteiger partial charge in [0.1, 0.15) is 11.4 Å². The molecule has 3 rings (SSSR count). The standard InChI is InChI=1S/C14H22N4O2/c1-8-7-10(18(4)17-8)16-12(19)14(15)9-5-6-20-11(9)13(14,2)3/h7,9,11H,5-6,15H2,1-4H3,(H,16,19). The lowest BCUT2D eigenvalue weighted by atomic mass is 9.48. The number of aryl methyl sites for hydroxylation is 2. The van der Waals surface area contributed by atoms with Crippen LogP contribution in [0.1, 0.15) is 26.0 Å². The number of rotatable bonds is 2. The van der Waals surface area contributed by atoms with Crippen molar-refractivity contribution in [3.8, 4) is 0 Å². The molecule has 3 unspecified atom stereocenters. The minimum Gasteiger partial charge on any atom is -0.377 e. The number of nitrogens with zero attached hydrogens (tertiary/aromatic N) is 2. The number of ether oxygens (including phenoxy) is 1. The molecule has 3 N–H and O–H groups in total. The largest absolute Gasteiger partial charge is 0.377 e. The number of aromatic nitrogens is 2. The summed E-state index contributed by atoms with van der Waals surface area (Å²) in [6, 6.07) is 1.84. The summed E-state index contributed by atoms with van der Waals surface area (Å²) in [5.41, 5.74) is 6.12. The molecule has 110 valence electrons. The Labute approximate surface area is 118 Å². The third-order valence-corrected chi connectivity index (χ3v) is 5.07. The highest BCUT2D eigenvalue weighted by atomic mass is 16.5. The van der Waals surface area contributed by atoms with E-state index in [-0.39, 0.29) is 23.3 Å². The number of anilines is 1. The first-order valence-corrected chi connectivity index (χ1v) is 7.01. The van der Waals surface area contributed by atoms with Crippen molar-refractivity contribution in [3.63, 3.8) is 0 Å². The number of amides is 1. The topological polar surface area (TPSA) is 82.2 Å². The smallest absolute Gasteiger partial charge is 0.246 e. The number of hydrogen-bond donors (Lipinski definition) is 2. The van der Waals surface area contributed by atoms with Crippen molar-refractivity contribution in [2.75, 3.05) is 11.9 Å². The Morgan fingerprint density at radius 3 is 2.90 bits per heavy atom. The summed E-state index contributed by atoms with van der Waals surface area (Å²) < 4.78 is 7.37. The Kier molecular flexibility index (Phi) is 2.75. The first kappa shape index (κ1) is 13.6. The van der Waals surface area contributed by atoms with Crippen LogP contribution < -0.4 is 11.1 Å². The van der Waals surface area contributed by atoms with Crippen LogP contribution in [0.5, 0.6) is 0 Å². The number of carbonyl (C=O) groups excluding carboxylic acids is 1. The van der Waals surface area contributed by atoms with Crippen LogP contribution in [0.3, 0.4) is 0 Å². The quantitative estimate of drug-likeness (QED) is 0.838. The number of hydrogen-bond acceptors (Lipinski definition) is 4. The van der Waals surface area contributed by atoms with Crippen molar-refractivity contribution in [2.45, 2.75) is 38.8 Å². The molecular formula is C14H22N4O2. The molecule has 0 aromatic carbocycles. The molecular weight excluding hydrogens is 256 g/mol. The molecule has 20 heavy (non-hydrogen) atoms. The van der Waals surface area contributed by atoms with Gasteiger partial charge < -0.3 is 15.8 Å². The minimum absolute atomic E-state index is 0.0894.